The van der Waals surface area contributed by atoms with Gasteiger partial charge < -0.3 is 15.8 Å². The predicted molar refractivity (Wildman–Crippen MR) is 89.2 cm³/mol. The number of anilines is 1. The zero-order valence-corrected chi connectivity index (χ0v) is 13.3. The minimum Gasteiger partial charge on any atom is -0.383 e. The summed E-state index contributed by atoms with van der Waals surface area (Å²) in [7, 11) is 1.73. The third-order valence-corrected chi connectivity index (χ3v) is 3.79. The van der Waals surface area contributed by atoms with Crippen molar-refractivity contribution < 1.29 is 4.74 Å². The van der Waals surface area contributed by atoms with Crippen molar-refractivity contribution in [3.8, 4) is 0 Å². The third kappa shape index (κ3) is 4.20. The van der Waals surface area contributed by atoms with Gasteiger partial charge in [-0.1, -0.05) is 28.1 Å². The first-order chi connectivity index (χ1) is 9.72. The minimum atomic E-state index is 0.302. The molecule has 0 amide bonds. The number of nitrogens with one attached hydrogen (secondary N) is 1. The second-order valence-electron chi connectivity index (χ2n) is 4.93. The van der Waals surface area contributed by atoms with Crippen molar-refractivity contribution in [2.45, 2.75) is 18.9 Å². The highest BCUT2D eigenvalue weighted by Gasteiger charge is 2.08. The molecule has 2 aromatic carbocycles. The minimum absolute atomic E-state index is 0.302. The molecule has 3 N–H and O–H groups in total. The summed E-state index contributed by atoms with van der Waals surface area (Å²) in [5, 5.41) is 5.99. The molecule has 108 valence electrons. The Labute approximate surface area is 128 Å². The Morgan fingerprint density at radius 2 is 1.95 bits per heavy atom. The molecule has 0 aliphatic heterocycles. The molecular formula is C16H21BrN2O. The van der Waals surface area contributed by atoms with E-state index >= 15 is 0 Å². The molecule has 1 atom stereocenters. The Morgan fingerprint density at radius 3 is 2.70 bits per heavy atom. The van der Waals surface area contributed by atoms with Gasteiger partial charge in [-0.3, -0.25) is 0 Å². The lowest BCUT2D eigenvalue weighted by molar-refractivity contribution is 0.182. The van der Waals surface area contributed by atoms with Crippen LogP contribution in [-0.4, -0.2) is 26.3 Å². The van der Waals surface area contributed by atoms with Gasteiger partial charge in [-0.05, 0) is 54.4 Å². The van der Waals surface area contributed by atoms with E-state index in [2.05, 4.69) is 57.6 Å². The summed E-state index contributed by atoms with van der Waals surface area (Å²) in [4.78, 5) is 0. The van der Waals surface area contributed by atoms with E-state index in [-0.39, 0.29) is 0 Å². The topological polar surface area (TPSA) is 47.3 Å². The summed E-state index contributed by atoms with van der Waals surface area (Å²) < 4.78 is 6.37. The summed E-state index contributed by atoms with van der Waals surface area (Å²) in [5.41, 5.74) is 6.71. The smallest absolute Gasteiger partial charge is 0.0664 e. The zero-order chi connectivity index (χ0) is 14.4. The maximum Gasteiger partial charge on any atom is 0.0664 e. The highest BCUT2D eigenvalue weighted by Crippen LogP contribution is 2.23. The molecule has 0 saturated heterocycles. The van der Waals surface area contributed by atoms with Crippen molar-refractivity contribution >= 4 is 32.4 Å². The van der Waals surface area contributed by atoms with E-state index in [0.717, 1.165) is 23.0 Å². The number of methoxy groups -OCH3 is 1. The standard InChI is InChI=1S/C16H21BrN2O/c1-20-11-16(3-2-8-18)19-15-7-5-12-9-14(17)6-4-13(12)10-15/h4-7,9-10,16,19H,2-3,8,11,18H2,1H3. The number of ether oxygens (including phenoxy) is 1. The van der Waals surface area contributed by atoms with Crippen molar-refractivity contribution in [1.82, 2.24) is 0 Å². The van der Waals surface area contributed by atoms with Crippen LogP contribution >= 0.6 is 15.9 Å². The van der Waals surface area contributed by atoms with Crippen molar-refractivity contribution in [3.63, 3.8) is 0 Å². The summed E-state index contributed by atoms with van der Waals surface area (Å²) in [6, 6.07) is 13.0. The molecule has 0 radical (unpaired) electrons. The fourth-order valence-electron chi connectivity index (χ4n) is 2.30. The molecule has 2 rings (SSSR count). The summed E-state index contributed by atoms with van der Waals surface area (Å²) >= 11 is 3.50. The number of halogens is 1. The maximum absolute atomic E-state index is 5.58. The number of hydrogen-bond donors (Lipinski definition) is 2. The van der Waals surface area contributed by atoms with Crippen LogP contribution in [0, 0.1) is 0 Å². The Kier molecular flexibility index (Phi) is 5.83. The second-order valence-corrected chi connectivity index (χ2v) is 5.85. The fraction of sp³-hybridized carbons (Fsp3) is 0.375. The summed E-state index contributed by atoms with van der Waals surface area (Å²) in [6.45, 7) is 1.41. The molecule has 0 spiro atoms. The largest absolute Gasteiger partial charge is 0.383 e. The van der Waals surface area contributed by atoms with Crippen molar-refractivity contribution in [2.24, 2.45) is 5.73 Å². The average Bonchev–Trinajstić information content (AvgIpc) is 2.45. The van der Waals surface area contributed by atoms with E-state index in [1.54, 1.807) is 7.11 Å². The van der Waals surface area contributed by atoms with Gasteiger partial charge in [-0.25, -0.2) is 0 Å². The van der Waals surface area contributed by atoms with Crippen LogP contribution < -0.4 is 11.1 Å². The van der Waals surface area contributed by atoms with Gasteiger partial charge in [0, 0.05) is 23.3 Å². The normalized spacial score (nSPS) is 12.6. The highest BCUT2D eigenvalue weighted by atomic mass is 79.9. The van der Waals surface area contributed by atoms with E-state index in [9.17, 15) is 0 Å². The Balaban J connectivity index is 2.12. The highest BCUT2D eigenvalue weighted by molar-refractivity contribution is 9.10. The van der Waals surface area contributed by atoms with Gasteiger partial charge in [-0.15, -0.1) is 0 Å². The molecule has 0 fully saturated rings. The lowest BCUT2D eigenvalue weighted by Gasteiger charge is -2.19. The molecule has 4 heteroatoms. The SMILES string of the molecule is COCC(CCCN)Nc1ccc2cc(Br)ccc2c1. The van der Waals surface area contributed by atoms with Crippen LogP contribution in [-0.2, 0) is 4.74 Å². The molecule has 20 heavy (non-hydrogen) atoms. The van der Waals surface area contributed by atoms with Gasteiger partial charge in [0.1, 0.15) is 0 Å². The predicted octanol–water partition coefficient (Wildman–Crippen LogP) is 3.77. The molecule has 1 unspecified atom stereocenters. The molecule has 0 aromatic heterocycles. The van der Waals surface area contributed by atoms with E-state index in [1.165, 1.54) is 10.8 Å². The van der Waals surface area contributed by atoms with Crippen molar-refractivity contribution in [3.05, 3.63) is 40.9 Å². The van der Waals surface area contributed by atoms with Crippen LogP contribution in [0.25, 0.3) is 10.8 Å². The number of fused-ring (bicyclic) bond motifs is 1. The van der Waals surface area contributed by atoms with E-state index in [4.69, 9.17) is 10.5 Å². The fourth-order valence-corrected chi connectivity index (χ4v) is 2.68. The number of rotatable bonds is 7. The molecule has 0 heterocycles. The van der Waals surface area contributed by atoms with E-state index in [1.807, 2.05) is 0 Å². The van der Waals surface area contributed by atoms with E-state index < -0.39 is 0 Å². The lowest BCUT2D eigenvalue weighted by Crippen LogP contribution is -2.25. The van der Waals surface area contributed by atoms with Crippen LogP contribution in [0.4, 0.5) is 5.69 Å². The monoisotopic (exact) mass is 336 g/mol. The molecule has 2 aromatic rings. The van der Waals surface area contributed by atoms with Crippen LogP contribution in [0.1, 0.15) is 12.8 Å². The Bertz CT molecular complexity index is 559. The van der Waals surface area contributed by atoms with Gasteiger partial charge in [0.2, 0.25) is 0 Å². The van der Waals surface area contributed by atoms with Gasteiger partial charge in [0.05, 0.1) is 6.61 Å². The first-order valence-corrected chi connectivity index (χ1v) is 7.67. The Hall–Kier alpha value is -1.10. The summed E-state index contributed by atoms with van der Waals surface area (Å²) in [6.07, 6.45) is 2.02. The summed E-state index contributed by atoms with van der Waals surface area (Å²) in [5.74, 6) is 0. The number of benzene rings is 2. The van der Waals surface area contributed by atoms with Crippen molar-refractivity contribution in [2.75, 3.05) is 25.6 Å². The van der Waals surface area contributed by atoms with Gasteiger partial charge in [-0.2, -0.15) is 0 Å². The molecular weight excluding hydrogens is 316 g/mol. The third-order valence-electron chi connectivity index (χ3n) is 3.30. The molecule has 0 aliphatic carbocycles. The number of nitrogens with two attached hydrogens (primary N) is 1. The lowest BCUT2D eigenvalue weighted by atomic mass is 10.1. The van der Waals surface area contributed by atoms with Gasteiger partial charge >= 0.3 is 0 Å². The van der Waals surface area contributed by atoms with Gasteiger partial charge in [0.25, 0.3) is 0 Å². The zero-order valence-electron chi connectivity index (χ0n) is 11.7. The first-order valence-electron chi connectivity index (χ1n) is 6.88. The first kappa shape index (κ1) is 15.3. The Morgan fingerprint density at radius 1 is 1.20 bits per heavy atom. The maximum atomic E-state index is 5.58. The van der Waals surface area contributed by atoms with Gasteiger partial charge in [0.15, 0.2) is 0 Å². The van der Waals surface area contributed by atoms with Crippen LogP contribution in [0.15, 0.2) is 40.9 Å². The number of hydrogen-bond acceptors (Lipinski definition) is 3. The molecule has 0 saturated carbocycles. The average molecular weight is 337 g/mol. The molecule has 0 aliphatic rings. The van der Waals surface area contributed by atoms with Crippen molar-refractivity contribution in [1.29, 1.82) is 0 Å². The van der Waals surface area contributed by atoms with Crippen LogP contribution in [0.2, 0.25) is 0 Å². The molecule has 3 nitrogen and oxygen atoms in total. The quantitative estimate of drug-likeness (QED) is 0.809. The van der Waals surface area contributed by atoms with E-state index in [0.29, 0.717) is 19.2 Å². The van der Waals surface area contributed by atoms with Crippen LogP contribution in [0.3, 0.4) is 0 Å². The molecule has 0 bridgehead atoms. The second kappa shape index (κ2) is 7.62. The van der Waals surface area contributed by atoms with Crippen LogP contribution in [0.5, 0.6) is 0 Å².